The van der Waals surface area contributed by atoms with Crippen LogP contribution in [0.3, 0.4) is 0 Å². The summed E-state index contributed by atoms with van der Waals surface area (Å²) < 4.78 is 2.55. The van der Waals surface area contributed by atoms with Gasteiger partial charge in [0.05, 0.1) is 0 Å². The van der Waals surface area contributed by atoms with Gasteiger partial charge >= 0.3 is 77.5 Å². The molecule has 0 aliphatic heterocycles. The number of anilines is 1. The zero-order chi connectivity index (χ0) is 8.10. The van der Waals surface area contributed by atoms with Gasteiger partial charge in [0, 0.05) is 0 Å². The topological polar surface area (TPSA) is 26.0 Å². The predicted molar refractivity (Wildman–Crippen MR) is 51.2 cm³/mol. The van der Waals surface area contributed by atoms with E-state index in [1.807, 2.05) is 18.2 Å². The zero-order valence-corrected chi connectivity index (χ0v) is 9.23. The normalized spacial score (nSPS) is 9.45. The summed E-state index contributed by atoms with van der Waals surface area (Å²) in [4.78, 5) is 0. The SMILES string of the molecule is C=C[CH2][Sn][c]1ccccc1N. The summed E-state index contributed by atoms with van der Waals surface area (Å²) in [5, 5.41) is 0. The van der Waals surface area contributed by atoms with Crippen molar-refractivity contribution in [2.45, 2.75) is 4.44 Å². The van der Waals surface area contributed by atoms with Gasteiger partial charge in [-0.05, 0) is 0 Å². The van der Waals surface area contributed by atoms with Crippen LogP contribution in [-0.2, 0) is 0 Å². The molecule has 2 N–H and O–H groups in total. The van der Waals surface area contributed by atoms with Gasteiger partial charge in [-0.15, -0.1) is 0 Å². The van der Waals surface area contributed by atoms with Crippen LogP contribution in [0, 0.1) is 0 Å². The fourth-order valence-corrected chi connectivity index (χ4v) is 3.31. The summed E-state index contributed by atoms with van der Waals surface area (Å²) in [6, 6.07) is 8.13. The molecule has 0 saturated heterocycles. The number of nitrogens with two attached hydrogens (primary N) is 1. The van der Waals surface area contributed by atoms with Crippen molar-refractivity contribution in [3.05, 3.63) is 36.9 Å². The van der Waals surface area contributed by atoms with Crippen molar-refractivity contribution in [1.29, 1.82) is 0 Å². The molecule has 0 aliphatic carbocycles. The van der Waals surface area contributed by atoms with Crippen LogP contribution >= 0.6 is 0 Å². The first-order valence-electron chi connectivity index (χ1n) is 3.54. The molecule has 2 radical (unpaired) electrons. The minimum atomic E-state index is -0.448. The number of hydrogen-bond donors (Lipinski definition) is 1. The van der Waals surface area contributed by atoms with Crippen LogP contribution in [0.15, 0.2) is 36.9 Å². The van der Waals surface area contributed by atoms with Gasteiger partial charge in [0.2, 0.25) is 0 Å². The number of rotatable bonds is 3. The molecule has 1 aromatic rings. The first-order valence-corrected chi connectivity index (χ1v) is 6.98. The Bertz CT molecular complexity index is 245. The van der Waals surface area contributed by atoms with E-state index in [1.165, 1.54) is 3.58 Å². The van der Waals surface area contributed by atoms with Gasteiger partial charge in [0.1, 0.15) is 0 Å². The van der Waals surface area contributed by atoms with Gasteiger partial charge in [-0.1, -0.05) is 0 Å². The fourth-order valence-electron chi connectivity index (χ4n) is 0.840. The summed E-state index contributed by atoms with van der Waals surface area (Å²) in [6.07, 6.45) is 1.98. The quantitative estimate of drug-likeness (QED) is 0.488. The molecule has 0 aliphatic rings. The Morgan fingerprint density at radius 3 is 2.82 bits per heavy atom. The van der Waals surface area contributed by atoms with E-state index in [-0.39, 0.29) is 0 Å². The summed E-state index contributed by atoms with van der Waals surface area (Å²) in [6.45, 7) is 3.71. The van der Waals surface area contributed by atoms with Crippen LogP contribution < -0.4 is 9.31 Å². The van der Waals surface area contributed by atoms with Gasteiger partial charge < -0.3 is 0 Å². The van der Waals surface area contributed by atoms with E-state index in [0.29, 0.717) is 0 Å². The maximum absolute atomic E-state index is 5.77. The third kappa shape index (κ3) is 2.58. The standard InChI is InChI=1S/C6H6N.C3H5.Sn/c7-6-4-2-1-3-5-6;1-3-2;/h1-4H,7H2;3H,1-2H2;. The molecule has 1 rings (SSSR count). The van der Waals surface area contributed by atoms with Crippen LogP contribution in [0.2, 0.25) is 4.44 Å². The fraction of sp³-hybridized carbons (Fsp3) is 0.111. The monoisotopic (exact) mass is 253 g/mol. The number of benzene rings is 1. The Hall–Kier alpha value is -0.441. The third-order valence-corrected chi connectivity index (χ3v) is 5.19. The number of hydrogen-bond acceptors (Lipinski definition) is 1. The average Bonchev–Trinajstić information content (AvgIpc) is 2.03. The summed E-state index contributed by atoms with van der Waals surface area (Å²) in [7, 11) is 0. The molecule has 0 fully saturated rings. The molecule has 0 saturated carbocycles. The Morgan fingerprint density at radius 2 is 2.18 bits per heavy atom. The molecule has 0 spiro atoms. The van der Waals surface area contributed by atoms with Gasteiger partial charge in [0.15, 0.2) is 0 Å². The van der Waals surface area contributed by atoms with E-state index in [0.717, 1.165) is 10.1 Å². The Kier molecular flexibility index (Phi) is 3.49. The predicted octanol–water partition coefficient (Wildman–Crippen LogP) is 1.20. The van der Waals surface area contributed by atoms with E-state index >= 15 is 0 Å². The van der Waals surface area contributed by atoms with Crippen molar-refractivity contribution in [2.24, 2.45) is 0 Å². The van der Waals surface area contributed by atoms with Gasteiger partial charge in [-0.2, -0.15) is 0 Å². The molecule has 2 heteroatoms. The Morgan fingerprint density at radius 1 is 1.45 bits per heavy atom. The molecule has 0 heterocycles. The van der Waals surface area contributed by atoms with Crippen LogP contribution in [0.1, 0.15) is 0 Å². The van der Waals surface area contributed by atoms with Crippen molar-refractivity contribution in [3.63, 3.8) is 0 Å². The van der Waals surface area contributed by atoms with E-state index in [1.54, 1.807) is 0 Å². The molecule has 0 unspecified atom stereocenters. The number of allylic oxidation sites excluding steroid dienone is 1. The van der Waals surface area contributed by atoms with Crippen LogP contribution in [0.4, 0.5) is 5.69 Å². The molecule has 0 atom stereocenters. The number of para-hydroxylation sites is 1. The van der Waals surface area contributed by atoms with Crippen molar-refractivity contribution in [2.75, 3.05) is 5.73 Å². The molecule has 11 heavy (non-hydrogen) atoms. The van der Waals surface area contributed by atoms with Crippen LogP contribution in [0.25, 0.3) is 0 Å². The zero-order valence-electron chi connectivity index (χ0n) is 6.38. The maximum atomic E-state index is 5.77. The van der Waals surface area contributed by atoms with Crippen molar-refractivity contribution < 1.29 is 0 Å². The molecule has 0 bridgehead atoms. The van der Waals surface area contributed by atoms with E-state index in [2.05, 4.69) is 18.7 Å². The first kappa shape index (κ1) is 8.65. The summed E-state index contributed by atoms with van der Waals surface area (Å²) in [5.41, 5.74) is 6.73. The first-order chi connectivity index (χ1) is 5.34. The molecule has 1 nitrogen and oxygen atoms in total. The van der Waals surface area contributed by atoms with E-state index in [4.69, 9.17) is 5.73 Å². The average molecular weight is 252 g/mol. The minimum absolute atomic E-state index is 0.448. The van der Waals surface area contributed by atoms with Crippen LogP contribution in [-0.4, -0.2) is 21.1 Å². The van der Waals surface area contributed by atoms with Crippen molar-refractivity contribution in [1.82, 2.24) is 0 Å². The molecular weight excluding hydrogens is 241 g/mol. The van der Waals surface area contributed by atoms with Crippen LogP contribution in [0.5, 0.6) is 0 Å². The Labute approximate surface area is 77.5 Å². The number of nitrogen functional groups attached to an aromatic ring is 1. The second-order valence-electron chi connectivity index (χ2n) is 2.26. The summed E-state index contributed by atoms with van der Waals surface area (Å²) >= 11 is -0.448. The summed E-state index contributed by atoms with van der Waals surface area (Å²) in [5.74, 6) is 0. The van der Waals surface area contributed by atoms with Gasteiger partial charge in [0.25, 0.3) is 0 Å². The molecular formula is C9H11NSn. The molecule has 0 amide bonds. The second-order valence-corrected chi connectivity index (χ2v) is 5.97. The third-order valence-electron chi connectivity index (χ3n) is 1.40. The molecule has 56 valence electrons. The van der Waals surface area contributed by atoms with E-state index < -0.39 is 21.1 Å². The van der Waals surface area contributed by atoms with Gasteiger partial charge in [-0.3, -0.25) is 0 Å². The van der Waals surface area contributed by atoms with Gasteiger partial charge in [-0.25, -0.2) is 0 Å². The molecule has 0 aromatic heterocycles. The van der Waals surface area contributed by atoms with E-state index in [9.17, 15) is 0 Å². The second kappa shape index (κ2) is 4.44. The Balaban J connectivity index is 2.69. The molecule has 1 aromatic carbocycles. The van der Waals surface area contributed by atoms with Crippen molar-refractivity contribution in [3.8, 4) is 0 Å². The van der Waals surface area contributed by atoms with Crippen molar-refractivity contribution >= 4 is 30.4 Å².